The molecular formula is C19H22N6O2. The number of imidazole rings is 1. The maximum absolute atomic E-state index is 12.7. The number of nitrogens with one attached hydrogen (secondary N) is 2. The molecule has 0 aliphatic carbocycles. The van der Waals surface area contributed by atoms with Crippen molar-refractivity contribution in [3.63, 3.8) is 0 Å². The summed E-state index contributed by atoms with van der Waals surface area (Å²) < 4.78 is 5.55. The molecule has 0 fully saturated rings. The van der Waals surface area contributed by atoms with E-state index in [0.29, 0.717) is 24.7 Å². The first-order valence-electron chi connectivity index (χ1n) is 9.00. The Morgan fingerprint density at radius 2 is 2.11 bits per heavy atom. The van der Waals surface area contributed by atoms with E-state index in [4.69, 9.17) is 4.52 Å². The fourth-order valence-corrected chi connectivity index (χ4v) is 3.19. The van der Waals surface area contributed by atoms with E-state index < -0.39 is 0 Å². The highest BCUT2D eigenvalue weighted by Gasteiger charge is 2.36. The summed E-state index contributed by atoms with van der Waals surface area (Å²) >= 11 is 0. The summed E-state index contributed by atoms with van der Waals surface area (Å²) in [6.45, 7) is 6.31. The van der Waals surface area contributed by atoms with Crippen molar-refractivity contribution in [2.24, 2.45) is 0 Å². The first-order chi connectivity index (χ1) is 13.0. The molecule has 3 heterocycles. The summed E-state index contributed by atoms with van der Waals surface area (Å²) in [5.74, 6) is 0.931. The highest BCUT2D eigenvalue weighted by Crippen LogP contribution is 2.32. The van der Waals surface area contributed by atoms with E-state index in [9.17, 15) is 4.79 Å². The summed E-state index contributed by atoms with van der Waals surface area (Å²) in [5.41, 5.74) is 3.90. The number of amides is 2. The third kappa shape index (κ3) is 3.42. The lowest BCUT2D eigenvalue weighted by atomic mass is 10.0. The smallest absolute Gasteiger partial charge is 0.318 e. The van der Waals surface area contributed by atoms with Crippen LogP contribution in [0.4, 0.5) is 4.79 Å². The van der Waals surface area contributed by atoms with Gasteiger partial charge in [0.05, 0.1) is 24.3 Å². The summed E-state index contributed by atoms with van der Waals surface area (Å²) in [4.78, 5) is 26.5. The average Bonchev–Trinajstić information content (AvgIpc) is 3.29. The van der Waals surface area contributed by atoms with Gasteiger partial charge >= 0.3 is 6.03 Å². The van der Waals surface area contributed by atoms with Crippen molar-refractivity contribution in [3.8, 4) is 11.4 Å². The highest BCUT2D eigenvalue weighted by molar-refractivity contribution is 5.75. The van der Waals surface area contributed by atoms with Gasteiger partial charge in [-0.2, -0.15) is 4.98 Å². The number of aromatic amines is 1. The van der Waals surface area contributed by atoms with Crippen molar-refractivity contribution in [2.75, 3.05) is 0 Å². The fraction of sp³-hybridized carbons (Fsp3) is 0.368. The number of carbonyl (C=O) groups excluding carboxylic acids is 1. The van der Waals surface area contributed by atoms with Crippen LogP contribution in [0.2, 0.25) is 0 Å². The Bertz CT molecular complexity index is 943. The Morgan fingerprint density at radius 1 is 1.33 bits per heavy atom. The lowest BCUT2D eigenvalue weighted by Crippen LogP contribution is -2.46. The van der Waals surface area contributed by atoms with E-state index in [0.717, 1.165) is 22.5 Å². The molecule has 0 bridgehead atoms. The largest absolute Gasteiger partial charge is 0.347 e. The van der Waals surface area contributed by atoms with Crippen LogP contribution < -0.4 is 5.32 Å². The van der Waals surface area contributed by atoms with Crippen LogP contribution in [-0.2, 0) is 13.0 Å². The van der Waals surface area contributed by atoms with Gasteiger partial charge in [0.2, 0.25) is 11.7 Å². The number of rotatable bonds is 3. The van der Waals surface area contributed by atoms with Gasteiger partial charge in [-0.05, 0) is 20.8 Å². The Hall–Kier alpha value is -3.16. The summed E-state index contributed by atoms with van der Waals surface area (Å²) in [5, 5.41) is 7.06. The molecule has 1 aromatic carbocycles. The van der Waals surface area contributed by atoms with Crippen LogP contribution in [0, 0.1) is 6.92 Å². The molecule has 1 unspecified atom stereocenters. The molecule has 4 rings (SSSR count). The molecule has 2 aromatic heterocycles. The number of aromatic nitrogens is 4. The van der Waals surface area contributed by atoms with Gasteiger partial charge in [-0.25, -0.2) is 9.78 Å². The standard InChI is InChI=1S/C19H22N6O2/c1-11(2)22-19(26)25-9-15-14(20-10-21-15)8-16(25)18-23-17(24-27-18)13-6-4-12(3)5-7-13/h4-7,10-11,16H,8-9H2,1-3H3,(H,20,21)(H,22,26). The summed E-state index contributed by atoms with van der Waals surface area (Å²) in [6, 6.07) is 7.44. The van der Waals surface area contributed by atoms with Crippen LogP contribution >= 0.6 is 0 Å². The van der Waals surface area contributed by atoms with Crippen molar-refractivity contribution >= 4 is 6.03 Å². The van der Waals surface area contributed by atoms with Gasteiger partial charge in [0.15, 0.2) is 0 Å². The van der Waals surface area contributed by atoms with Crippen LogP contribution in [0.5, 0.6) is 0 Å². The minimum Gasteiger partial charge on any atom is -0.347 e. The second kappa shape index (κ2) is 6.86. The zero-order valence-corrected chi connectivity index (χ0v) is 15.6. The van der Waals surface area contributed by atoms with E-state index in [1.807, 2.05) is 45.0 Å². The predicted molar refractivity (Wildman–Crippen MR) is 98.7 cm³/mol. The zero-order chi connectivity index (χ0) is 19.0. The van der Waals surface area contributed by atoms with E-state index in [1.54, 1.807) is 11.2 Å². The Morgan fingerprint density at radius 3 is 2.85 bits per heavy atom. The molecule has 0 saturated heterocycles. The number of fused-ring (bicyclic) bond motifs is 1. The molecule has 0 spiro atoms. The summed E-state index contributed by atoms with van der Waals surface area (Å²) in [7, 11) is 0. The fourth-order valence-electron chi connectivity index (χ4n) is 3.19. The number of hydrogen-bond donors (Lipinski definition) is 2. The zero-order valence-electron chi connectivity index (χ0n) is 15.6. The van der Waals surface area contributed by atoms with Gasteiger partial charge in [0.1, 0.15) is 6.04 Å². The van der Waals surface area contributed by atoms with E-state index >= 15 is 0 Å². The monoisotopic (exact) mass is 366 g/mol. The van der Waals surface area contributed by atoms with E-state index in [-0.39, 0.29) is 18.1 Å². The maximum atomic E-state index is 12.7. The lowest BCUT2D eigenvalue weighted by molar-refractivity contribution is 0.142. The topological polar surface area (TPSA) is 99.9 Å². The van der Waals surface area contributed by atoms with Crippen molar-refractivity contribution < 1.29 is 9.32 Å². The van der Waals surface area contributed by atoms with Crippen LogP contribution in [0.3, 0.4) is 0 Å². The number of H-pyrrole nitrogens is 1. The van der Waals surface area contributed by atoms with Crippen LogP contribution in [-0.4, -0.2) is 37.1 Å². The second-order valence-corrected chi connectivity index (χ2v) is 7.10. The van der Waals surface area contributed by atoms with Crippen molar-refractivity contribution in [1.82, 2.24) is 30.3 Å². The number of benzene rings is 1. The molecule has 2 N–H and O–H groups in total. The van der Waals surface area contributed by atoms with Gasteiger partial charge in [-0.15, -0.1) is 0 Å². The molecular weight excluding hydrogens is 344 g/mol. The van der Waals surface area contributed by atoms with Gasteiger partial charge in [-0.1, -0.05) is 35.0 Å². The minimum atomic E-state index is -0.355. The molecule has 0 radical (unpaired) electrons. The summed E-state index contributed by atoms with van der Waals surface area (Å²) in [6.07, 6.45) is 2.18. The third-order valence-corrected chi connectivity index (χ3v) is 4.61. The Kier molecular flexibility index (Phi) is 4.39. The van der Waals surface area contributed by atoms with Crippen molar-refractivity contribution in [2.45, 2.75) is 45.8 Å². The lowest BCUT2D eigenvalue weighted by Gasteiger charge is -2.33. The van der Waals surface area contributed by atoms with Gasteiger partial charge in [0, 0.05) is 18.0 Å². The molecule has 1 aliphatic heterocycles. The Balaban J connectivity index is 1.65. The highest BCUT2D eigenvalue weighted by atomic mass is 16.5. The van der Waals surface area contributed by atoms with E-state index in [2.05, 4.69) is 25.4 Å². The van der Waals surface area contributed by atoms with Gasteiger partial charge < -0.3 is 19.7 Å². The minimum absolute atomic E-state index is 0.0344. The van der Waals surface area contributed by atoms with Gasteiger partial charge in [-0.3, -0.25) is 0 Å². The normalized spacial score (nSPS) is 16.4. The van der Waals surface area contributed by atoms with Crippen LogP contribution in [0.15, 0.2) is 35.1 Å². The molecule has 27 heavy (non-hydrogen) atoms. The SMILES string of the molecule is Cc1ccc(-c2noc(C3Cc4nc[nH]c4CN3C(=O)NC(C)C)n2)cc1. The quantitative estimate of drug-likeness (QED) is 0.742. The maximum Gasteiger partial charge on any atom is 0.318 e. The molecule has 8 heteroatoms. The van der Waals surface area contributed by atoms with Gasteiger partial charge in [0.25, 0.3) is 0 Å². The first kappa shape index (κ1) is 17.3. The molecule has 8 nitrogen and oxygen atoms in total. The van der Waals surface area contributed by atoms with E-state index in [1.165, 1.54) is 0 Å². The molecule has 1 atom stereocenters. The second-order valence-electron chi connectivity index (χ2n) is 7.10. The number of aryl methyl sites for hydroxylation is 1. The first-order valence-corrected chi connectivity index (χ1v) is 9.00. The molecule has 3 aromatic rings. The van der Waals surface area contributed by atoms with Crippen molar-refractivity contribution in [3.05, 3.63) is 53.4 Å². The van der Waals surface area contributed by atoms with Crippen LogP contribution in [0.25, 0.3) is 11.4 Å². The Labute approximate surface area is 157 Å². The average molecular weight is 366 g/mol. The number of carbonyl (C=O) groups is 1. The number of hydrogen-bond acceptors (Lipinski definition) is 5. The molecule has 1 aliphatic rings. The third-order valence-electron chi connectivity index (χ3n) is 4.61. The number of nitrogens with zero attached hydrogens (tertiary/aromatic N) is 4. The molecule has 0 saturated carbocycles. The number of urea groups is 1. The predicted octanol–water partition coefficient (Wildman–Crippen LogP) is 2.99. The van der Waals surface area contributed by atoms with Crippen LogP contribution in [0.1, 0.15) is 42.7 Å². The molecule has 2 amide bonds. The molecule has 140 valence electrons. The van der Waals surface area contributed by atoms with Crippen molar-refractivity contribution in [1.29, 1.82) is 0 Å².